The van der Waals surface area contributed by atoms with Gasteiger partial charge < -0.3 is 33.4 Å². The summed E-state index contributed by atoms with van der Waals surface area (Å²) in [7, 11) is 2.22. The van der Waals surface area contributed by atoms with E-state index in [2.05, 4.69) is 29.9 Å². The lowest BCUT2D eigenvalue weighted by Gasteiger charge is -2.17. The average molecular weight is 643 g/mol. The van der Waals surface area contributed by atoms with Gasteiger partial charge in [-0.15, -0.1) is 0 Å². The number of nitrogens with zero attached hydrogens (tertiary/aromatic N) is 5. The van der Waals surface area contributed by atoms with Gasteiger partial charge in [0.1, 0.15) is 18.4 Å². The fraction of sp³-hybridized carbons (Fsp3) is 0.412. The Morgan fingerprint density at radius 2 is 1.93 bits per heavy atom. The van der Waals surface area contributed by atoms with Crippen molar-refractivity contribution in [3.63, 3.8) is 0 Å². The number of ether oxygens (including phenoxy) is 3. The molecule has 1 fully saturated rings. The van der Waals surface area contributed by atoms with Gasteiger partial charge in [0.25, 0.3) is 5.91 Å². The summed E-state index contributed by atoms with van der Waals surface area (Å²) in [6.45, 7) is 13.0. The molecule has 1 unspecified atom stereocenters. The highest BCUT2D eigenvalue weighted by molar-refractivity contribution is 6.76. The Hall–Kier alpha value is -4.26. The van der Waals surface area contributed by atoms with E-state index in [0.717, 1.165) is 45.7 Å². The monoisotopic (exact) mass is 642 g/mol. The molecule has 11 nitrogen and oxygen atoms in total. The van der Waals surface area contributed by atoms with E-state index in [1.807, 2.05) is 54.9 Å². The van der Waals surface area contributed by atoms with E-state index in [1.165, 1.54) is 0 Å². The number of fused-ring (bicyclic) bond motifs is 2. The Labute approximate surface area is 269 Å². The third kappa shape index (κ3) is 6.93. The number of aryl methyl sites for hydroxylation is 2. The Kier molecular flexibility index (Phi) is 8.86. The third-order valence-corrected chi connectivity index (χ3v) is 9.71. The topological polar surface area (TPSA) is 117 Å². The molecule has 6 rings (SSSR count). The molecule has 242 valence electrons. The Bertz CT molecular complexity index is 1890. The quantitative estimate of drug-likeness (QED) is 0.123. The zero-order valence-electron chi connectivity index (χ0n) is 27.6. The first-order chi connectivity index (χ1) is 21.9. The molecule has 4 heterocycles. The highest BCUT2D eigenvalue weighted by Crippen LogP contribution is 2.39. The van der Waals surface area contributed by atoms with Crippen molar-refractivity contribution >= 4 is 47.7 Å². The number of aromatic nitrogens is 4. The van der Waals surface area contributed by atoms with Crippen LogP contribution in [0.1, 0.15) is 28.2 Å². The molecule has 2 aromatic carbocycles. The number of benzene rings is 2. The van der Waals surface area contributed by atoms with Crippen molar-refractivity contribution in [2.75, 3.05) is 39.2 Å². The normalized spacial score (nSPS) is 15.2. The van der Waals surface area contributed by atoms with E-state index in [9.17, 15) is 4.79 Å². The van der Waals surface area contributed by atoms with Crippen molar-refractivity contribution < 1.29 is 23.4 Å². The molecule has 1 N–H and O–H groups in total. The molecule has 3 aromatic heterocycles. The van der Waals surface area contributed by atoms with Crippen molar-refractivity contribution in [3.05, 3.63) is 59.6 Å². The van der Waals surface area contributed by atoms with Crippen molar-refractivity contribution in [1.29, 1.82) is 0 Å². The van der Waals surface area contributed by atoms with E-state index in [0.29, 0.717) is 61.1 Å². The maximum Gasteiger partial charge on any atom is 0.253 e. The van der Waals surface area contributed by atoms with Gasteiger partial charge >= 0.3 is 0 Å². The summed E-state index contributed by atoms with van der Waals surface area (Å²) in [4.78, 5) is 28.5. The number of oxazole rings is 1. The molecular weight excluding hydrogens is 600 g/mol. The van der Waals surface area contributed by atoms with E-state index in [4.69, 9.17) is 28.6 Å². The molecule has 0 bridgehead atoms. The molecule has 5 aromatic rings. The summed E-state index contributed by atoms with van der Waals surface area (Å²) in [5, 5.41) is 4.17. The molecule has 0 aliphatic carbocycles. The number of hydrogen-bond donors (Lipinski definition) is 1. The summed E-state index contributed by atoms with van der Waals surface area (Å²) < 4.78 is 26.3. The van der Waals surface area contributed by atoms with Crippen LogP contribution in [-0.4, -0.2) is 78.4 Å². The summed E-state index contributed by atoms with van der Waals surface area (Å²) in [6.07, 6.45) is 2.69. The number of carbonyl (C=O) groups excluding carboxylic acids is 1. The van der Waals surface area contributed by atoms with E-state index < -0.39 is 8.07 Å². The zero-order chi connectivity index (χ0) is 32.6. The van der Waals surface area contributed by atoms with Gasteiger partial charge in [-0.25, -0.2) is 4.98 Å². The number of hydrogen-bond acceptors (Lipinski definition) is 9. The Balaban J connectivity index is 1.45. The van der Waals surface area contributed by atoms with Gasteiger partial charge in [0.2, 0.25) is 11.8 Å². The smallest absolute Gasteiger partial charge is 0.253 e. The predicted octanol–water partition coefficient (Wildman–Crippen LogP) is 6.78. The van der Waals surface area contributed by atoms with Crippen LogP contribution >= 0.6 is 0 Å². The largest absolute Gasteiger partial charge is 0.471 e. The van der Waals surface area contributed by atoms with Crippen molar-refractivity contribution in [3.8, 4) is 17.0 Å². The Morgan fingerprint density at radius 1 is 1.11 bits per heavy atom. The summed E-state index contributed by atoms with van der Waals surface area (Å²) in [6, 6.07) is 12.6. The number of carbonyl (C=O) groups is 1. The minimum Gasteiger partial charge on any atom is -0.471 e. The molecular formula is C34H42N6O5Si. The summed E-state index contributed by atoms with van der Waals surface area (Å²) in [5.41, 5.74) is 6.33. The van der Waals surface area contributed by atoms with E-state index in [-0.39, 0.29) is 12.0 Å². The van der Waals surface area contributed by atoms with Gasteiger partial charge in [0.15, 0.2) is 17.1 Å². The van der Waals surface area contributed by atoms with Crippen molar-refractivity contribution in [1.82, 2.24) is 24.4 Å². The zero-order valence-corrected chi connectivity index (χ0v) is 28.6. The van der Waals surface area contributed by atoms with Crippen LogP contribution in [0, 0.1) is 13.8 Å². The fourth-order valence-electron chi connectivity index (χ4n) is 5.44. The van der Waals surface area contributed by atoms with Crippen LogP contribution in [0.25, 0.3) is 33.3 Å². The SMILES string of the molecule is Cc1nc2ccc(-c3cn(COCC[Si](C)(C)C)c4nc(Nc5ccc(C(=O)N(C)C)cc5C)nc(OC5CCOC5)c34)cc2o1. The third-order valence-electron chi connectivity index (χ3n) is 8.01. The van der Waals surface area contributed by atoms with Gasteiger partial charge in [-0.2, -0.15) is 9.97 Å². The lowest BCUT2D eigenvalue weighted by Crippen LogP contribution is -2.22. The number of rotatable bonds is 11. The minimum absolute atomic E-state index is 0.0556. The van der Waals surface area contributed by atoms with E-state index >= 15 is 0 Å². The maximum absolute atomic E-state index is 12.5. The van der Waals surface area contributed by atoms with Gasteiger partial charge in [0.05, 0.1) is 18.6 Å². The highest BCUT2D eigenvalue weighted by atomic mass is 28.3. The van der Waals surface area contributed by atoms with Gasteiger partial charge in [0, 0.05) is 65.1 Å². The fourth-order valence-corrected chi connectivity index (χ4v) is 6.20. The second-order valence-corrected chi connectivity index (χ2v) is 18.9. The van der Waals surface area contributed by atoms with Crippen molar-refractivity contribution in [2.45, 2.75) is 58.8 Å². The second kappa shape index (κ2) is 12.9. The first kappa shape index (κ1) is 31.7. The molecule has 12 heteroatoms. The first-order valence-electron chi connectivity index (χ1n) is 15.6. The maximum atomic E-state index is 12.5. The van der Waals surface area contributed by atoms with Crippen LogP contribution in [0.2, 0.25) is 25.7 Å². The van der Waals surface area contributed by atoms with Crippen molar-refractivity contribution in [2.24, 2.45) is 0 Å². The number of anilines is 2. The average Bonchev–Trinajstić information content (AvgIpc) is 3.73. The molecule has 0 radical (unpaired) electrons. The highest BCUT2D eigenvalue weighted by Gasteiger charge is 2.25. The summed E-state index contributed by atoms with van der Waals surface area (Å²) >= 11 is 0. The lowest BCUT2D eigenvalue weighted by molar-refractivity contribution is 0.0827. The molecule has 1 aliphatic heterocycles. The molecule has 0 spiro atoms. The molecule has 1 saturated heterocycles. The number of amides is 1. The Morgan fingerprint density at radius 3 is 2.65 bits per heavy atom. The van der Waals surface area contributed by atoms with Crippen LogP contribution < -0.4 is 10.1 Å². The van der Waals surface area contributed by atoms with Crippen LogP contribution in [0.5, 0.6) is 5.88 Å². The van der Waals surface area contributed by atoms with Crippen LogP contribution in [0.4, 0.5) is 11.6 Å². The number of nitrogens with one attached hydrogen (secondary N) is 1. The summed E-state index contributed by atoms with van der Waals surface area (Å²) in [5.74, 6) is 1.40. The van der Waals surface area contributed by atoms with Crippen LogP contribution in [0.15, 0.2) is 47.0 Å². The van der Waals surface area contributed by atoms with E-state index in [1.54, 1.807) is 25.1 Å². The van der Waals surface area contributed by atoms with Crippen LogP contribution in [0.3, 0.4) is 0 Å². The molecule has 1 atom stereocenters. The standard InChI is InChI=1S/C34H42N6O5Si/c1-21-16-24(33(41)39(3)4)9-10-27(21)36-34-37-31-30(32(38-34)45-25-12-13-42-19-25)26(18-40(31)20-43-14-15-46(5,6)7)23-8-11-28-29(17-23)44-22(2)35-28/h8-11,16-18,25H,12-15,19-20H2,1-7H3,(H,36,37,38). The van der Waals surface area contributed by atoms with Gasteiger partial charge in [-0.3, -0.25) is 4.79 Å². The predicted molar refractivity (Wildman–Crippen MR) is 182 cm³/mol. The first-order valence-corrected chi connectivity index (χ1v) is 19.4. The van der Waals surface area contributed by atoms with Crippen LogP contribution in [-0.2, 0) is 16.2 Å². The minimum atomic E-state index is -1.27. The second-order valence-electron chi connectivity index (χ2n) is 13.3. The molecule has 1 aliphatic rings. The van der Waals surface area contributed by atoms with Gasteiger partial charge in [-0.05, 0) is 54.4 Å². The molecule has 1 amide bonds. The molecule has 46 heavy (non-hydrogen) atoms. The van der Waals surface area contributed by atoms with Gasteiger partial charge in [-0.1, -0.05) is 25.7 Å². The lowest BCUT2D eigenvalue weighted by atomic mass is 10.1. The molecule has 0 saturated carbocycles.